The molecule has 2 heterocycles. The number of nitrogens with one attached hydrogen (secondary N) is 1. The molecule has 0 saturated carbocycles. The van der Waals surface area contributed by atoms with Gasteiger partial charge in [0.15, 0.2) is 12.4 Å². The summed E-state index contributed by atoms with van der Waals surface area (Å²) in [5, 5.41) is 11.3. The maximum Gasteiger partial charge on any atom is 0.276 e. The average molecular weight is 367 g/mol. The normalized spacial score (nSPS) is 11.4. The Kier molecular flexibility index (Phi) is 5.03. The molecule has 0 fully saturated rings. The molecule has 0 radical (unpaired) electrons. The van der Waals surface area contributed by atoms with E-state index in [0.717, 1.165) is 11.4 Å². The van der Waals surface area contributed by atoms with Gasteiger partial charge in [0.05, 0.1) is 11.4 Å². The third-order valence-corrected chi connectivity index (χ3v) is 4.22. The van der Waals surface area contributed by atoms with Crippen molar-refractivity contribution in [1.29, 1.82) is 0 Å². The van der Waals surface area contributed by atoms with E-state index in [1.807, 2.05) is 26.1 Å². The first-order chi connectivity index (χ1) is 12.7. The molecule has 0 bridgehead atoms. The van der Waals surface area contributed by atoms with Crippen LogP contribution in [0.5, 0.6) is 5.75 Å². The van der Waals surface area contributed by atoms with E-state index in [0.29, 0.717) is 11.4 Å². The van der Waals surface area contributed by atoms with E-state index in [4.69, 9.17) is 4.74 Å². The van der Waals surface area contributed by atoms with Gasteiger partial charge in [-0.1, -0.05) is 32.9 Å². The predicted molar refractivity (Wildman–Crippen MR) is 104 cm³/mol. The molecule has 7 nitrogen and oxygen atoms in total. The quantitative estimate of drug-likeness (QED) is 0.749. The Bertz CT molecular complexity index is 932. The molecule has 1 N–H and O–H groups in total. The number of rotatable bonds is 5. The molecule has 3 rings (SSSR count). The fraction of sp³-hybridized carbons (Fsp3) is 0.350. The fourth-order valence-electron chi connectivity index (χ4n) is 2.66. The molecule has 1 amide bonds. The first-order valence-electron chi connectivity index (χ1n) is 8.81. The van der Waals surface area contributed by atoms with Crippen LogP contribution in [0.15, 0.2) is 42.7 Å². The molecular weight excluding hydrogens is 342 g/mol. The zero-order valence-corrected chi connectivity index (χ0v) is 16.4. The van der Waals surface area contributed by atoms with Gasteiger partial charge in [-0.15, -0.1) is 0 Å². The summed E-state index contributed by atoms with van der Waals surface area (Å²) in [5.74, 6) is 0.481. The number of carbonyl (C=O) groups excluding carboxylic acids is 1. The van der Waals surface area contributed by atoms with Gasteiger partial charge in [0.2, 0.25) is 0 Å². The minimum atomic E-state index is -0.278. The summed E-state index contributed by atoms with van der Waals surface area (Å²) in [5.41, 5.74) is 3.11. The molecule has 142 valence electrons. The van der Waals surface area contributed by atoms with Gasteiger partial charge >= 0.3 is 0 Å². The van der Waals surface area contributed by atoms with Crippen molar-refractivity contribution in [1.82, 2.24) is 19.6 Å². The van der Waals surface area contributed by atoms with Crippen LogP contribution in [0.25, 0.3) is 0 Å². The lowest BCUT2D eigenvalue weighted by Crippen LogP contribution is -2.14. The van der Waals surface area contributed by atoms with E-state index in [2.05, 4.69) is 48.4 Å². The largest absolute Gasteiger partial charge is 0.471 e. The second kappa shape index (κ2) is 7.26. The van der Waals surface area contributed by atoms with Crippen molar-refractivity contribution in [2.24, 2.45) is 7.05 Å². The maximum atomic E-state index is 12.3. The molecule has 0 unspecified atom stereocenters. The predicted octanol–water partition coefficient (Wildman–Crippen LogP) is 3.51. The van der Waals surface area contributed by atoms with E-state index < -0.39 is 0 Å². The standard InChI is InChI=1S/C20H25N5O2/c1-14-18(12-24(5)22-14)21-19(26)17-10-11-25(23-17)13-27-16-8-6-15(7-9-16)20(2,3)4/h6-12H,13H2,1-5H3,(H,21,26). The van der Waals surface area contributed by atoms with Gasteiger partial charge < -0.3 is 10.1 Å². The zero-order valence-electron chi connectivity index (χ0n) is 16.4. The Morgan fingerprint density at radius 3 is 2.44 bits per heavy atom. The first-order valence-corrected chi connectivity index (χ1v) is 8.81. The average Bonchev–Trinajstić information content (AvgIpc) is 3.19. The second-order valence-corrected chi connectivity index (χ2v) is 7.54. The SMILES string of the molecule is Cc1nn(C)cc1NC(=O)c1ccn(COc2ccc(C(C)(C)C)cc2)n1. The molecule has 0 aliphatic heterocycles. The van der Waals surface area contributed by atoms with Crippen molar-refractivity contribution in [2.75, 3.05) is 5.32 Å². The lowest BCUT2D eigenvalue weighted by Gasteiger charge is -2.19. The van der Waals surface area contributed by atoms with Crippen LogP contribution in [-0.4, -0.2) is 25.5 Å². The third-order valence-electron chi connectivity index (χ3n) is 4.22. The summed E-state index contributed by atoms with van der Waals surface area (Å²) in [6, 6.07) is 9.68. The van der Waals surface area contributed by atoms with Gasteiger partial charge in [-0.3, -0.25) is 9.48 Å². The number of nitrogens with zero attached hydrogens (tertiary/aromatic N) is 4. The fourth-order valence-corrected chi connectivity index (χ4v) is 2.66. The number of carbonyl (C=O) groups is 1. The van der Waals surface area contributed by atoms with Crippen molar-refractivity contribution in [3.63, 3.8) is 0 Å². The molecule has 2 aromatic heterocycles. The van der Waals surface area contributed by atoms with Gasteiger partial charge in [-0.05, 0) is 36.1 Å². The van der Waals surface area contributed by atoms with Gasteiger partial charge in [-0.2, -0.15) is 10.2 Å². The van der Waals surface area contributed by atoms with Crippen LogP contribution in [0.3, 0.4) is 0 Å². The molecular formula is C20H25N5O2. The van der Waals surface area contributed by atoms with Crippen LogP contribution in [0.2, 0.25) is 0 Å². The molecule has 1 aromatic carbocycles. The van der Waals surface area contributed by atoms with E-state index in [1.165, 1.54) is 5.56 Å². The molecule has 0 spiro atoms. The Morgan fingerprint density at radius 2 is 1.85 bits per heavy atom. The highest BCUT2D eigenvalue weighted by molar-refractivity contribution is 6.03. The monoisotopic (exact) mass is 367 g/mol. The lowest BCUT2D eigenvalue weighted by atomic mass is 9.87. The van der Waals surface area contributed by atoms with Gasteiger partial charge in [-0.25, -0.2) is 4.68 Å². The Morgan fingerprint density at radius 1 is 1.15 bits per heavy atom. The molecule has 0 atom stereocenters. The summed E-state index contributed by atoms with van der Waals surface area (Å²) in [4.78, 5) is 12.3. The minimum absolute atomic E-state index is 0.107. The van der Waals surface area contributed by atoms with Crippen molar-refractivity contribution >= 4 is 11.6 Å². The number of aryl methyl sites for hydroxylation is 2. The van der Waals surface area contributed by atoms with Gasteiger partial charge in [0.1, 0.15) is 5.75 Å². The highest BCUT2D eigenvalue weighted by Gasteiger charge is 2.14. The molecule has 7 heteroatoms. The summed E-state index contributed by atoms with van der Waals surface area (Å²) in [6.07, 6.45) is 3.48. The molecule has 0 saturated heterocycles. The summed E-state index contributed by atoms with van der Waals surface area (Å²) in [6.45, 7) is 8.59. The number of ether oxygens (including phenoxy) is 1. The maximum absolute atomic E-state index is 12.3. The molecule has 3 aromatic rings. The van der Waals surface area contributed by atoms with E-state index in [1.54, 1.807) is 27.8 Å². The van der Waals surface area contributed by atoms with E-state index >= 15 is 0 Å². The van der Waals surface area contributed by atoms with Crippen molar-refractivity contribution in [2.45, 2.75) is 39.8 Å². The highest BCUT2D eigenvalue weighted by atomic mass is 16.5. The minimum Gasteiger partial charge on any atom is -0.471 e. The Hall–Kier alpha value is -3.09. The van der Waals surface area contributed by atoms with Crippen LogP contribution in [0.4, 0.5) is 5.69 Å². The Balaban J connectivity index is 1.59. The summed E-state index contributed by atoms with van der Waals surface area (Å²) < 4.78 is 8.99. The van der Waals surface area contributed by atoms with E-state index in [-0.39, 0.29) is 18.1 Å². The van der Waals surface area contributed by atoms with Crippen LogP contribution in [0, 0.1) is 6.92 Å². The third kappa shape index (κ3) is 4.55. The summed E-state index contributed by atoms with van der Waals surface area (Å²) in [7, 11) is 1.81. The topological polar surface area (TPSA) is 74.0 Å². The first kappa shape index (κ1) is 18.7. The molecule has 0 aliphatic rings. The smallest absolute Gasteiger partial charge is 0.276 e. The number of benzene rings is 1. The molecule has 27 heavy (non-hydrogen) atoms. The van der Waals surface area contributed by atoms with Gasteiger partial charge in [0.25, 0.3) is 5.91 Å². The van der Waals surface area contributed by atoms with Crippen LogP contribution in [0.1, 0.15) is 42.5 Å². The zero-order chi connectivity index (χ0) is 19.6. The summed E-state index contributed by atoms with van der Waals surface area (Å²) >= 11 is 0. The number of hydrogen-bond acceptors (Lipinski definition) is 4. The van der Waals surface area contributed by atoms with Crippen LogP contribution >= 0.6 is 0 Å². The second-order valence-electron chi connectivity index (χ2n) is 7.54. The number of anilines is 1. The van der Waals surface area contributed by atoms with Crippen LogP contribution < -0.4 is 10.1 Å². The van der Waals surface area contributed by atoms with Crippen molar-refractivity contribution in [3.05, 3.63) is 59.7 Å². The number of amides is 1. The van der Waals surface area contributed by atoms with Gasteiger partial charge in [0, 0.05) is 19.4 Å². The Labute approximate surface area is 159 Å². The van der Waals surface area contributed by atoms with E-state index in [9.17, 15) is 4.79 Å². The van der Waals surface area contributed by atoms with Crippen molar-refractivity contribution in [3.8, 4) is 5.75 Å². The number of aromatic nitrogens is 4. The van der Waals surface area contributed by atoms with Crippen LogP contribution in [-0.2, 0) is 19.2 Å². The highest BCUT2D eigenvalue weighted by Crippen LogP contribution is 2.24. The lowest BCUT2D eigenvalue weighted by molar-refractivity contribution is 0.102. The number of hydrogen-bond donors (Lipinski definition) is 1. The molecule has 0 aliphatic carbocycles. The van der Waals surface area contributed by atoms with Crippen molar-refractivity contribution < 1.29 is 9.53 Å².